The average molecular weight is 268 g/mol. The summed E-state index contributed by atoms with van der Waals surface area (Å²) in [7, 11) is 0. The SMILES string of the molecule is CCCNC(=O)C(C)NC(C)c1ccc(CC)s1. The molecule has 0 saturated carbocycles. The Hall–Kier alpha value is -0.870. The molecule has 0 aliphatic heterocycles. The minimum absolute atomic E-state index is 0.0796. The third kappa shape index (κ3) is 4.42. The number of hydrogen-bond acceptors (Lipinski definition) is 3. The summed E-state index contributed by atoms with van der Waals surface area (Å²) in [6, 6.07) is 4.38. The molecule has 18 heavy (non-hydrogen) atoms. The third-order valence-corrected chi connectivity index (χ3v) is 4.31. The van der Waals surface area contributed by atoms with Gasteiger partial charge in [0, 0.05) is 22.3 Å². The third-order valence-electron chi connectivity index (χ3n) is 2.90. The Balaban J connectivity index is 2.48. The zero-order valence-corrected chi connectivity index (χ0v) is 12.6. The van der Waals surface area contributed by atoms with Gasteiger partial charge in [0.05, 0.1) is 6.04 Å². The van der Waals surface area contributed by atoms with Gasteiger partial charge in [0.2, 0.25) is 5.91 Å². The van der Waals surface area contributed by atoms with Gasteiger partial charge >= 0.3 is 0 Å². The van der Waals surface area contributed by atoms with Crippen LogP contribution in [0.15, 0.2) is 12.1 Å². The van der Waals surface area contributed by atoms with Gasteiger partial charge in [-0.15, -0.1) is 11.3 Å². The Kier molecular flexibility index (Phi) is 6.36. The first kappa shape index (κ1) is 15.2. The van der Waals surface area contributed by atoms with Crippen LogP contribution in [0, 0.1) is 0 Å². The Morgan fingerprint density at radius 1 is 1.33 bits per heavy atom. The Morgan fingerprint density at radius 3 is 2.61 bits per heavy atom. The quantitative estimate of drug-likeness (QED) is 0.798. The number of aryl methyl sites for hydroxylation is 1. The van der Waals surface area contributed by atoms with Crippen LogP contribution < -0.4 is 10.6 Å². The van der Waals surface area contributed by atoms with Gasteiger partial charge in [0.1, 0.15) is 0 Å². The monoisotopic (exact) mass is 268 g/mol. The molecule has 1 heterocycles. The van der Waals surface area contributed by atoms with Crippen molar-refractivity contribution < 1.29 is 4.79 Å². The number of thiophene rings is 1. The molecule has 0 spiro atoms. The van der Waals surface area contributed by atoms with Gasteiger partial charge in [-0.3, -0.25) is 10.1 Å². The predicted molar refractivity (Wildman–Crippen MR) is 78.0 cm³/mol. The maximum absolute atomic E-state index is 11.8. The highest BCUT2D eigenvalue weighted by Gasteiger charge is 2.16. The van der Waals surface area contributed by atoms with E-state index >= 15 is 0 Å². The van der Waals surface area contributed by atoms with Crippen LogP contribution in [0.4, 0.5) is 0 Å². The van der Waals surface area contributed by atoms with Gasteiger partial charge in [0.25, 0.3) is 0 Å². The summed E-state index contributed by atoms with van der Waals surface area (Å²) in [6.07, 6.45) is 2.04. The summed E-state index contributed by atoms with van der Waals surface area (Å²) in [5.74, 6) is 0.0796. The molecule has 0 bridgehead atoms. The van der Waals surface area contributed by atoms with E-state index in [9.17, 15) is 4.79 Å². The Labute approximate surface area is 114 Å². The lowest BCUT2D eigenvalue weighted by atomic mass is 10.2. The summed E-state index contributed by atoms with van der Waals surface area (Å²) in [5.41, 5.74) is 0. The number of carbonyl (C=O) groups excluding carboxylic acids is 1. The maximum Gasteiger partial charge on any atom is 0.236 e. The second-order valence-corrected chi connectivity index (χ2v) is 5.76. The fraction of sp³-hybridized carbons (Fsp3) is 0.643. The van der Waals surface area contributed by atoms with Gasteiger partial charge in [-0.2, -0.15) is 0 Å². The van der Waals surface area contributed by atoms with Crippen molar-refractivity contribution in [2.45, 2.75) is 52.6 Å². The molecule has 4 heteroatoms. The molecule has 0 aliphatic carbocycles. The molecule has 0 aliphatic rings. The molecule has 2 unspecified atom stereocenters. The van der Waals surface area contributed by atoms with Crippen molar-refractivity contribution in [2.24, 2.45) is 0 Å². The molecule has 1 amide bonds. The number of nitrogens with one attached hydrogen (secondary N) is 2. The molecule has 1 aromatic heterocycles. The molecule has 0 aromatic carbocycles. The summed E-state index contributed by atoms with van der Waals surface area (Å²) >= 11 is 1.82. The van der Waals surface area contributed by atoms with E-state index in [2.05, 4.69) is 43.5 Å². The standard InChI is InChI=1S/C14H24N2OS/c1-5-9-15-14(17)11(4)16-10(3)13-8-7-12(6-2)18-13/h7-8,10-11,16H,5-6,9H2,1-4H3,(H,15,17). The van der Waals surface area contributed by atoms with Crippen LogP contribution in [0.5, 0.6) is 0 Å². The molecule has 3 nitrogen and oxygen atoms in total. The van der Waals surface area contributed by atoms with Crippen molar-refractivity contribution in [3.8, 4) is 0 Å². The van der Waals surface area contributed by atoms with Gasteiger partial charge in [0.15, 0.2) is 0 Å². The predicted octanol–water partition coefficient (Wildman–Crippen LogP) is 2.88. The maximum atomic E-state index is 11.8. The van der Waals surface area contributed by atoms with Crippen LogP contribution in [-0.2, 0) is 11.2 Å². The minimum atomic E-state index is -0.154. The first-order chi connectivity index (χ1) is 8.58. The van der Waals surface area contributed by atoms with Crippen molar-refractivity contribution in [1.82, 2.24) is 10.6 Å². The highest BCUT2D eigenvalue weighted by atomic mass is 32.1. The molecule has 0 radical (unpaired) electrons. The molecule has 102 valence electrons. The summed E-state index contributed by atoms with van der Waals surface area (Å²) < 4.78 is 0. The lowest BCUT2D eigenvalue weighted by Crippen LogP contribution is -2.43. The Bertz CT molecular complexity index is 376. The molecule has 0 saturated heterocycles. The van der Waals surface area contributed by atoms with E-state index in [4.69, 9.17) is 0 Å². The topological polar surface area (TPSA) is 41.1 Å². The summed E-state index contributed by atoms with van der Waals surface area (Å²) in [5, 5.41) is 6.25. The fourth-order valence-electron chi connectivity index (χ4n) is 1.75. The van der Waals surface area contributed by atoms with Crippen molar-refractivity contribution in [3.05, 3.63) is 21.9 Å². The fourth-order valence-corrected chi connectivity index (χ4v) is 2.72. The first-order valence-corrected chi connectivity index (χ1v) is 7.52. The second kappa shape index (κ2) is 7.54. The van der Waals surface area contributed by atoms with E-state index in [-0.39, 0.29) is 18.0 Å². The molecule has 1 rings (SSSR count). The average Bonchev–Trinajstić information content (AvgIpc) is 2.84. The van der Waals surface area contributed by atoms with Crippen LogP contribution in [0.3, 0.4) is 0 Å². The van der Waals surface area contributed by atoms with Crippen LogP contribution in [-0.4, -0.2) is 18.5 Å². The molecular weight excluding hydrogens is 244 g/mol. The second-order valence-electron chi connectivity index (χ2n) is 4.56. The smallest absolute Gasteiger partial charge is 0.236 e. The van der Waals surface area contributed by atoms with E-state index < -0.39 is 0 Å². The van der Waals surface area contributed by atoms with E-state index in [0.717, 1.165) is 19.4 Å². The van der Waals surface area contributed by atoms with E-state index in [1.54, 1.807) is 0 Å². The van der Waals surface area contributed by atoms with Gasteiger partial charge in [-0.05, 0) is 38.8 Å². The first-order valence-electron chi connectivity index (χ1n) is 6.70. The van der Waals surface area contributed by atoms with Crippen LogP contribution in [0.2, 0.25) is 0 Å². The van der Waals surface area contributed by atoms with Crippen LogP contribution >= 0.6 is 11.3 Å². The van der Waals surface area contributed by atoms with Gasteiger partial charge in [-0.1, -0.05) is 13.8 Å². The zero-order valence-electron chi connectivity index (χ0n) is 11.7. The van der Waals surface area contributed by atoms with E-state index in [0.29, 0.717) is 0 Å². The molecule has 1 aromatic rings. The van der Waals surface area contributed by atoms with Crippen molar-refractivity contribution in [2.75, 3.05) is 6.54 Å². The highest BCUT2D eigenvalue weighted by molar-refractivity contribution is 7.12. The number of rotatable bonds is 7. The van der Waals surface area contributed by atoms with E-state index in [1.807, 2.05) is 18.3 Å². The van der Waals surface area contributed by atoms with Crippen molar-refractivity contribution in [3.63, 3.8) is 0 Å². The number of hydrogen-bond donors (Lipinski definition) is 2. The summed E-state index contributed by atoms with van der Waals surface area (Å²) in [6.45, 7) is 8.98. The van der Waals surface area contributed by atoms with Crippen LogP contribution in [0.1, 0.15) is 49.9 Å². The van der Waals surface area contributed by atoms with E-state index in [1.165, 1.54) is 9.75 Å². The highest BCUT2D eigenvalue weighted by Crippen LogP contribution is 2.23. The normalized spacial score (nSPS) is 14.2. The largest absolute Gasteiger partial charge is 0.355 e. The Morgan fingerprint density at radius 2 is 2.06 bits per heavy atom. The number of amides is 1. The lowest BCUT2D eigenvalue weighted by Gasteiger charge is -2.18. The van der Waals surface area contributed by atoms with Crippen molar-refractivity contribution >= 4 is 17.2 Å². The van der Waals surface area contributed by atoms with Gasteiger partial charge in [-0.25, -0.2) is 0 Å². The van der Waals surface area contributed by atoms with Crippen LogP contribution in [0.25, 0.3) is 0 Å². The lowest BCUT2D eigenvalue weighted by molar-refractivity contribution is -0.122. The summed E-state index contributed by atoms with van der Waals surface area (Å²) in [4.78, 5) is 14.4. The van der Waals surface area contributed by atoms with Crippen molar-refractivity contribution in [1.29, 1.82) is 0 Å². The number of carbonyl (C=O) groups is 1. The zero-order chi connectivity index (χ0) is 13.5. The van der Waals surface area contributed by atoms with Gasteiger partial charge < -0.3 is 5.32 Å². The minimum Gasteiger partial charge on any atom is -0.355 e. The molecule has 2 atom stereocenters. The molecule has 0 fully saturated rings. The molecular formula is C14H24N2OS. The molecule has 2 N–H and O–H groups in total.